The van der Waals surface area contributed by atoms with Gasteiger partial charge in [0.05, 0.1) is 12.1 Å². The van der Waals surface area contributed by atoms with E-state index in [-0.39, 0.29) is 6.42 Å². The van der Waals surface area contributed by atoms with Crippen molar-refractivity contribution in [2.45, 2.75) is 25.8 Å². The molecule has 0 aromatic carbocycles. The van der Waals surface area contributed by atoms with Crippen LogP contribution in [0.3, 0.4) is 0 Å². The number of aliphatic carboxylic acids is 1. The van der Waals surface area contributed by atoms with Crippen LogP contribution in [0.15, 0.2) is 24.4 Å². The molecule has 3 N–H and O–H groups in total. The van der Waals surface area contributed by atoms with Crippen molar-refractivity contribution in [2.24, 2.45) is 0 Å². The summed E-state index contributed by atoms with van der Waals surface area (Å²) in [5.41, 5.74) is 1.09. The Morgan fingerprint density at radius 1 is 1.00 bits per heavy atom. The summed E-state index contributed by atoms with van der Waals surface area (Å²) in [7, 11) is 0. The summed E-state index contributed by atoms with van der Waals surface area (Å²) in [6, 6.07) is 6.04. The van der Waals surface area contributed by atoms with Crippen molar-refractivity contribution in [3.63, 3.8) is 0 Å². The summed E-state index contributed by atoms with van der Waals surface area (Å²) in [5.74, 6) is -0.723. The molecular weight excluding hydrogens is 330 g/mol. The van der Waals surface area contributed by atoms with Gasteiger partial charge in [-0.15, -0.1) is 0 Å². The maximum Gasteiger partial charge on any atom is 0.304 e. The lowest BCUT2D eigenvalue weighted by Gasteiger charge is -2.28. The predicted octanol–water partition coefficient (Wildman–Crippen LogP) is 0.633. The zero-order chi connectivity index (χ0) is 18.5. The van der Waals surface area contributed by atoms with Gasteiger partial charge >= 0.3 is 5.97 Å². The second-order valence-electron chi connectivity index (χ2n) is 6.79. The molecular formula is C19H33N5O2. The van der Waals surface area contributed by atoms with Crippen LogP contribution in [-0.4, -0.2) is 84.8 Å². The summed E-state index contributed by atoms with van der Waals surface area (Å²) in [5, 5.41) is 15.9. The third-order valence-electron chi connectivity index (χ3n) is 4.62. The van der Waals surface area contributed by atoms with Crippen LogP contribution in [0.4, 0.5) is 0 Å². The minimum absolute atomic E-state index is 0.206. The molecule has 1 aromatic heterocycles. The van der Waals surface area contributed by atoms with Gasteiger partial charge in [0.25, 0.3) is 0 Å². The molecule has 0 aliphatic carbocycles. The first kappa shape index (κ1) is 20.8. The lowest BCUT2D eigenvalue weighted by Crippen LogP contribution is -2.39. The lowest BCUT2D eigenvalue weighted by atomic mass is 10.2. The van der Waals surface area contributed by atoms with E-state index in [0.29, 0.717) is 6.54 Å². The van der Waals surface area contributed by atoms with Gasteiger partial charge in [-0.25, -0.2) is 0 Å². The second-order valence-corrected chi connectivity index (χ2v) is 6.79. The molecule has 1 aromatic rings. The fraction of sp³-hybridized carbons (Fsp3) is 0.684. The van der Waals surface area contributed by atoms with Crippen molar-refractivity contribution in [1.29, 1.82) is 0 Å². The normalized spacial score (nSPS) is 19.7. The third kappa shape index (κ3) is 9.24. The summed E-state index contributed by atoms with van der Waals surface area (Å²) in [4.78, 5) is 20.1. The number of nitrogens with zero attached hydrogens (tertiary/aromatic N) is 3. The van der Waals surface area contributed by atoms with Crippen molar-refractivity contribution in [1.82, 2.24) is 25.4 Å². The molecule has 1 aliphatic heterocycles. The van der Waals surface area contributed by atoms with E-state index in [2.05, 4.69) is 31.5 Å². The second kappa shape index (κ2) is 12.8. The minimum atomic E-state index is -0.723. The van der Waals surface area contributed by atoms with Crippen LogP contribution in [0, 0.1) is 0 Å². The molecule has 0 bridgehead atoms. The van der Waals surface area contributed by atoms with Gasteiger partial charge in [0.1, 0.15) is 0 Å². The smallest absolute Gasteiger partial charge is 0.304 e. The van der Waals surface area contributed by atoms with E-state index in [1.54, 1.807) is 0 Å². The van der Waals surface area contributed by atoms with Gasteiger partial charge in [0.2, 0.25) is 0 Å². The van der Waals surface area contributed by atoms with E-state index in [0.717, 1.165) is 77.4 Å². The molecule has 0 unspecified atom stereocenters. The molecule has 1 saturated heterocycles. The third-order valence-corrected chi connectivity index (χ3v) is 4.62. The van der Waals surface area contributed by atoms with E-state index < -0.39 is 5.97 Å². The molecule has 0 amide bonds. The fourth-order valence-corrected chi connectivity index (χ4v) is 3.14. The highest BCUT2D eigenvalue weighted by atomic mass is 16.4. The van der Waals surface area contributed by atoms with Crippen LogP contribution in [-0.2, 0) is 11.3 Å². The number of carboxylic acid groups (broad SMARTS) is 1. The van der Waals surface area contributed by atoms with Gasteiger partial charge in [-0.1, -0.05) is 6.07 Å². The Hall–Kier alpha value is -1.54. The van der Waals surface area contributed by atoms with Crippen LogP contribution in [0.2, 0.25) is 0 Å². The van der Waals surface area contributed by atoms with Gasteiger partial charge in [-0.3, -0.25) is 14.7 Å². The lowest BCUT2D eigenvalue weighted by molar-refractivity contribution is -0.137. The summed E-state index contributed by atoms with van der Waals surface area (Å²) >= 11 is 0. The number of hydrogen-bond donors (Lipinski definition) is 3. The Balaban J connectivity index is 1.92. The molecule has 0 spiro atoms. The molecule has 0 atom stereocenters. The average Bonchev–Trinajstić information content (AvgIpc) is 2.64. The van der Waals surface area contributed by atoms with Crippen LogP contribution >= 0.6 is 0 Å². The number of carbonyl (C=O) groups is 1. The van der Waals surface area contributed by atoms with Crippen LogP contribution in [0.1, 0.15) is 25.0 Å². The number of pyridine rings is 1. The Labute approximate surface area is 156 Å². The number of rotatable bonds is 5. The zero-order valence-corrected chi connectivity index (χ0v) is 15.7. The Morgan fingerprint density at radius 2 is 1.69 bits per heavy atom. The average molecular weight is 364 g/mol. The van der Waals surface area contributed by atoms with Crippen molar-refractivity contribution in [2.75, 3.05) is 58.9 Å². The molecule has 1 fully saturated rings. The summed E-state index contributed by atoms with van der Waals surface area (Å²) in [6.07, 6.45) is 4.19. The van der Waals surface area contributed by atoms with Gasteiger partial charge in [-0.2, -0.15) is 0 Å². The molecule has 1 aliphatic rings. The molecule has 2 rings (SSSR count). The first-order chi connectivity index (χ1) is 12.7. The Morgan fingerprint density at radius 3 is 2.35 bits per heavy atom. The molecule has 2 heterocycles. The predicted molar refractivity (Wildman–Crippen MR) is 103 cm³/mol. The maximum atomic E-state index is 10.9. The van der Waals surface area contributed by atoms with Crippen molar-refractivity contribution < 1.29 is 9.90 Å². The van der Waals surface area contributed by atoms with E-state index in [1.165, 1.54) is 0 Å². The molecule has 146 valence electrons. The van der Waals surface area contributed by atoms with Crippen LogP contribution in [0.5, 0.6) is 0 Å². The first-order valence-electron chi connectivity index (χ1n) is 9.72. The van der Waals surface area contributed by atoms with E-state index in [9.17, 15) is 4.79 Å². The van der Waals surface area contributed by atoms with Gasteiger partial charge in [0.15, 0.2) is 0 Å². The highest BCUT2D eigenvalue weighted by molar-refractivity contribution is 5.66. The topological polar surface area (TPSA) is 80.7 Å². The van der Waals surface area contributed by atoms with Crippen LogP contribution in [0.25, 0.3) is 0 Å². The van der Waals surface area contributed by atoms with Crippen molar-refractivity contribution >= 4 is 5.97 Å². The van der Waals surface area contributed by atoms with E-state index >= 15 is 0 Å². The summed E-state index contributed by atoms with van der Waals surface area (Å²) in [6.45, 7) is 9.21. The number of carboxylic acids is 1. The molecule has 7 heteroatoms. The molecule has 7 nitrogen and oxygen atoms in total. The van der Waals surface area contributed by atoms with Crippen molar-refractivity contribution in [3.05, 3.63) is 30.1 Å². The minimum Gasteiger partial charge on any atom is -0.481 e. The van der Waals surface area contributed by atoms with Gasteiger partial charge in [-0.05, 0) is 51.2 Å². The fourth-order valence-electron chi connectivity index (χ4n) is 3.14. The summed E-state index contributed by atoms with van der Waals surface area (Å²) < 4.78 is 0. The van der Waals surface area contributed by atoms with Crippen LogP contribution < -0.4 is 10.6 Å². The standard InChI is InChI=1S/C19H33N5O2/c25-19(26)6-14-23-12-3-7-20-10-11-21-8-4-13-24(16-15-23)17-18-5-1-2-9-22-18/h1-2,5,9,20-21H,3-4,6-8,10-17H2,(H,25,26). The maximum absolute atomic E-state index is 10.9. The largest absolute Gasteiger partial charge is 0.481 e. The monoisotopic (exact) mass is 363 g/mol. The number of hydrogen-bond acceptors (Lipinski definition) is 6. The zero-order valence-electron chi connectivity index (χ0n) is 15.7. The molecule has 0 radical (unpaired) electrons. The SMILES string of the molecule is O=C(O)CCN1CCCNCCNCCCN(Cc2ccccn2)CC1. The molecule has 0 saturated carbocycles. The quantitative estimate of drug-likeness (QED) is 0.708. The highest BCUT2D eigenvalue weighted by Gasteiger charge is 2.12. The Bertz CT molecular complexity index is 500. The Kier molecular flexibility index (Phi) is 10.2. The highest BCUT2D eigenvalue weighted by Crippen LogP contribution is 2.04. The van der Waals surface area contributed by atoms with Gasteiger partial charge < -0.3 is 20.6 Å². The van der Waals surface area contributed by atoms with Crippen molar-refractivity contribution in [3.8, 4) is 0 Å². The number of aromatic nitrogens is 1. The van der Waals surface area contributed by atoms with E-state index in [1.807, 2.05) is 18.3 Å². The number of nitrogens with one attached hydrogen (secondary N) is 2. The molecule has 26 heavy (non-hydrogen) atoms. The van der Waals surface area contributed by atoms with E-state index in [4.69, 9.17) is 5.11 Å². The first-order valence-corrected chi connectivity index (χ1v) is 9.72. The van der Waals surface area contributed by atoms with Gasteiger partial charge in [0, 0.05) is 45.5 Å².